The van der Waals surface area contributed by atoms with Crippen LogP contribution in [0.2, 0.25) is 5.02 Å². The molecule has 0 spiro atoms. The van der Waals surface area contributed by atoms with Crippen molar-refractivity contribution in [3.05, 3.63) is 81.2 Å². The van der Waals surface area contributed by atoms with Gasteiger partial charge in [0.1, 0.15) is 28.9 Å². The van der Waals surface area contributed by atoms with Crippen LogP contribution in [-0.2, 0) is 6.54 Å². The highest BCUT2D eigenvalue weighted by molar-refractivity contribution is 6.32. The lowest BCUT2D eigenvalue weighted by molar-refractivity contribution is 0.0818. The van der Waals surface area contributed by atoms with Crippen molar-refractivity contribution >= 4 is 17.3 Å². The molecule has 3 aromatic rings. The Morgan fingerprint density at radius 2 is 1.97 bits per heavy atom. The highest BCUT2D eigenvalue weighted by Gasteiger charge is 2.14. The molecule has 152 valence electrons. The van der Waals surface area contributed by atoms with E-state index in [1.165, 1.54) is 6.20 Å². The van der Waals surface area contributed by atoms with E-state index in [1.54, 1.807) is 24.3 Å². The van der Waals surface area contributed by atoms with E-state index in [2.05, 4.69) is 10.4 Å². The Kier molecular flexibility index (Phi) is 6.38. The summed E-state index contributed by atoms with van der Waals surface area (Å²) >= 11 is 6.07. The van der Waals surface area contributed by atoms with Gasteiger partial charge in [0.15, 0.2) is 5.82 Å². The number of benzene rings is 2. The lowest BCUT2D eigenvalue weighted by Gasteiger charge is -2.12. The number of aromatic nitrogens is 2. The summed E-state index contributed by atoms with van der Waals surface area (Å²) in [6, 6.07) is 9.16. The Balaban J connectivity index is 1.77. The van der Waals surface area contributed by atoms with Crippen LogP contribution in [0.1, 0.15) is 5.56 Å². The maximum Gasteiger partial charge on any atom is 0.292 e. The number of hydrogen-bond donors (Lipinski definition) is 1. The summed E-state index contributed by atoms with van der Waals surface area (Å²) in [5.74, 6) is -1.48. The molecule has 1 N–H and O–H groups in total. The second-order valence-corrected chi connectivity index (χ2v) is 6.27. The molecule has 0 saturated heterocycles. The van der Waals surface area contributed by atoms with Crippen LogP contribution in [0, 0.1) is 11.6 Å². The van der Waals surface area contributed by atoms with Gasteiger partial charge in [-0.15, -0.1) is 0 Å². The van der Waals surface area contributed by atoms with Crippen LogP contribution in [0.3, 0.4) is 0 Å². The standard InChI is InChI=1S/C19H14ClF4N3O2/c20-18-15(25-8-11-2-1-3-13(6-11)29-10-17(23)24)9-26-27(19(18)28)16-5-4-12(21)7-14(16)22/h1-7,9,17,25H,8,10H2. The van der Waals surface area contributed by atoms with E-state index in [0.717, 1.165) is 16.8 Å². The van der Waals surface area contributed by atoms with Gasteiger partial charge in [-0.25, -0.2) is 17.6 Å². The number of ether oxygens (including phenoxy) is 1. The Bertz CT molecular complexity index is 1080. The Hall–Kier alpha value is -3.07. The van der Waals surface area contributed by atoms with Gasteiger partial charge in [-0.1, -0.05) is 23.7 Å². The number of anilines is 1. The average molecular weight is 428 g/mol. The third-order valence-electron chi connectivity index (χ3n) is 3.81. The zero-order chi connectivity index (χ0) is 21.0. The van der Waals surface area contributed by atoms with E-state index in [1.807, 2.05) is 0 Å². The second-order valence-electron chi connectivity index (χ2n) is 5.89. The first-order valence-electron chi connectivity index (χ1n) is 8.32. The zero-order valence-electron chi connectivity index (χ0n) is 14.7. The number of nitrogens with one attached hydrogen (secondary N) is 1. The number of alkyl halides is 2. The maximum absolute atomic E-state index is 13.9. The van der Waals surface area contributed by atoms with Crippen LogP contribution < -0.4 is 15.6 Å². The normalized spacial score (nSPS) is 11.0. The third-order valence-corrected chi connectivity index (χ3v) is 4.18. The molecule has 0 atom stereocenters. The van der Waals surface area contributed by atoms with Crippen LogP contribution >= 0.6 is 11.6 Å². The van der Waals surface area contributed by atoms with E-state index in [9.17, 15) is 22.4 Å². The molecular weight excluding hydrogens is 414 g/mol. The topological polar surface area (TPSA) is 56.1 Å². The van der Waals surface area contributed by atoms with E-state index >= 15 is 0 Å². The lowest BCUT2D eigenvalue weighted by atomic mass is 10.2. The number of hydrogen-bond acceptors (Lipinski definition) is 4. The number of nitrogens with zero attached hydrogens (tertiary/aromatic N) is 2. The quantitative estimate of drug-likeness (QED) is 0.567. The minimum Gasteiger partial charge on any atom is -0.488 e. The second kappa shape index (κ2) is 8.95. The van der Waals surface area contributed by atoms with Crippen molar-refractivity contribution < 1.29 is 22.3 Å². The molecule has 29 heavy (non-hydrogen) atoms. The van der Waals surface area contributed by atoms with Crippen molar-refractivity contribution in [3.8, 4) is 11.4 Å². The molecule has 5 nitrogen and oxygen atoms in total. The number of halogens is 5. The maximum atomic E-state index is 13.9. The summed E-state index contributed by atoms with van der Waals surface area (Å²) in [6.07, 6.45) is -1.36. The fourth-order valence-electron chi connectivity index (χ4n) is 2.48. The van der Waals surface area contributed by atoms with Crippen LogP contribution in [0.25, 0.3) is 5.69 Å². The Morgan fingerprint density at radius 3 is 2.69 bits per heavy atom. The van der Waals surface area contributed by atoms with Crippen LogP contribution in [0.5, 0.6) is 5.75 Å². The molecule has 0 unspecified atom stereocenters. The van der Waals surface area contributed by atoms with E-state index in [-0.39, 0.29) is 28.7 Å². The first-order valence-corrected chi connectivity index (χ1v) is 8.70. The van der Waals surface area contributed by atoms with Crippen LogP contribution in [0.15, 0.2) is 53.5 Å². The predicted octanol–water partition coefficient (Wildman–Crippen LogP) is 4.42. The van der Waals surface area contributed by atoms with E-state index < -0.39 is 30.2 Å². The minimum atomic E-state index is -2.58. The molecule has 3 rings (SSSR count). The monoisotopic (exact) mass is 427 g/mol. The summed E-state index contributed by atoms with van der Waals surface area (Å²) in [4.78, 5) is 12.4. The van der Waals surface area contributed by atoms with Crippen molar-refractivity contribution in [3.63, 3.8) is 0 Å². The summed E-state index contributed by atoms with van der Waals surface area (Å²) in [7, 11) is 0. The van der Waals surface area contributed by atoms with Gasteiger partial charge in [0.2, 0.25) is 0 Å². The largest absolute Gasteiger partial charge is 0.488 e. The van der Waals surface area contributed by atoms with E-state index in [4.69, 9.17) is 16.3 Å². The van der Waals surface area contributed by atoms with Crippen LogP contribution in [0.4, 0.5) is 23.2 Å². The van der Waals surface area contributed by atoms with E-state index in [0.29, 0.717) is 11.6 Å². The molecule has 1 aromatic heterocycles. The molecule has 0 aliphatic rings. The molecule has 0 saturated carbocycles. The SMILES string of the molecule is O=c1c(Cl)c(NCc2cccc(OCC(F)F)c2)cnn1-c1ccc(F)cc1F. The molecule has 2 aromatic carbocycles. The molecule has 10 heteroatoms. The first-order chi connectivity index (χ1) is 13.8. The average Bonchev–Trinajstić information content (AvgIpc) is 2.68. The van der Waals surface area contributed by atoms with Gasteiger partial charge >= 0.3 is 0 Å². The van der Waals surface area contributed by atoms with Crippen molar-refractivity contribution in [2.45, 2.75) is 13.0 Å². The molecule has 0 aliphatic heterocycles. The zero-order valence-corrected chi connectivity index (χ0v) is 15.5. The van der Waals surface area contributed by atoms with Crippen molar-refractivity contribution in [1.29, 1.82) is 0 Å². The molecule has 0 amide bonds. The fourth-order valence-corrected chi connectivity index (χ4v) is 2.68. The molecule has 0 bridgehead atoms. The van der Waals surface area contributed by atoms with Gasteiger partial charge in [-0.05, 0) is 29.8 Å². The van der Waals surface area contributed by atoms with Gasteiger partial charge in [0, 0.05) is 12.6 Å². The van der Waals surface area contributed by atoms with Crippen molar-refractivity contribution in [1.82, 2.24) is 9.78 Å². The fraction of sp³-hybridized carbons (Fsp3) is 0.158. The van der Waals surface area contributed by atoms with Gasteiger partial charge < -0.3 is 10.1 Å². The van der Waals surface area contributed by atoms with Gasteiger partial charge in [0.05, 0.1) is 11.9 Å². The molecule has 0 aliphatic carbocycles. The minimum absolute atomic E-state index is 0.189. The molecule has 0 radical (unpaired) electrons. The highest BCUT2D eigenvalue weighted by Crippen LogP contribution is 2.20. The van der Waals surface area contributed by atoms with Crippen molar-refractivity contribution in [2.75, 3.05) is 11.9 Å². The smallest absolute Gasteiger partial charge is 0.292 e. The van der Waals surface area contributed by atoms with Gasteiger partial charge in [-0.3, -0.25) is 4.79 Å². The molecule has 0 fully saturated rings. The van der Waals surface area contributed by atoms with Crippen LogP contribution in [-0.4, -0.2) is 22.8 Å². The highest BCUT2D eigenvalue weighted by atomic mass is 35.5. The molecule has 1 heterocycles. The number of rotatable bonds is 7. The Labute approximate surface area is 167 Å². The van der Waals surface area contributed by atoms with Gasteiger partial charge in [-0.2, -0.15) is 9.78 Å². The van der Waals surface area contributed by atoms with Crippen molar-refractivity contribution in [2.24, 2.45) is 0 Å². The summed E-state index contributed by atoms with van der Waals surface area (Å²) in [6.45, 7) is -0.521. The molecular formula is C19H14ClF4N3O2. The van der Waals surface area contributed by atoms with Gasteiger partial charge in [0.25, 0.3) is 12.0 Å². The lowest BCUT2D eigenvalue weighted by Crippen LogP contribution is -2.23. The first kappa shape index (κ1) is 20.7. The third kappa shape index (κ3) is 5.05. The summed E-state index contributed by atoms with van der Waals surface area (Å²) in [5.41, 5.74) is -0.166. The Morgan fingerprint density at radius 1 is 1.17 bits per heavy atom. The summed E-state index contributed by atoms with van der Waals surface area (Å²) < 4.78 is 57.1. The summed E-state index contributed by atoms with van der Waals surface area (Å²) in [5, 5.41) is 6.52. The predicted molar refractivity (Wildman–Crippen MR) is 100 cm³/mol.